The fourth-order valence-electron chi connectivity index (χ4n) is 2.98. The van der Waals surface area contributed by atoms with E-state index in [0.29, 0.717) is 16.8 Å². The molecule has 1 atom stereocenters. The molecule has 1 amide bonds. The maximum Gasteiger partial charge on any atom is 0.254 e. The van der Waals surface area contributed by atoms with Gasteiger partial charge in [-0.2, -0.15) is 5.26 Å². The van der Waals surface area contributed by atoms with E-state index in [-0.39, 0.29) is 5.91 Å². The summed E-state index contributed by atoms with van der Waals surface area (Å²) in [6.07, 6.45) is 5.26. The van der Waals surface area contributed by atoms with Crippen LogP contribution in [0.4, 0.5) is 5.69 Å². The third-order valence-electron chi connectivity index (χ3n) is 4.17. The maximum absolute atomic E-state index is 13.1. The van der Waals surface area contributed by atoms with Crippen molar-refractivity contribution in [2.24, 2.45) is 0 Å². The van der Waals surface area contributed by atoms with Crippen molar-refractivity contribution < 1.29 is 4.79 Å². The van der Waals surface area contributed by atoms with Gasteiger partial charge in [-0.15, -0.1) is 11.8 Å². The van der Waals surface area contributed by atoms with Crippen molar-refractivity contribution >= 4 is 23.4 Å². The monoisotopic (exact) mass is 362 g/mol. The number of hydrogen-bond acceptors (Lipinski definition) is 5. The minimum absolute atomic E-state index is 0.226. The number of carbonyl (C=O) groups excluding carboxylic acids is 1. The molecule has 0 saturated heterocycles. The van der Waals surface area contributed by atoms with E-state index in [9.17, 15) is 10.1 Å². The van der Waals surface area contributed by atoms with Gasteiger partial charge in [-0.05, 0) is 43.0 Å². The van der Waals surface area contributed by atoms with Crippen LogP contribution in [0.1, 0.15) is 18.4 Å². The SMILES string of the molecule is CSC1=C(C#N)[C@H](c2ccncc2)C(C(=O)Nc2ccccc2)=C(C)N1. The molecular formula is C20H18N4OS. The second-order valence-electron chi connectivity index (χ2n) is 5.76. The molecule has 0 aliphatic carbocycles. The summed E-state index contributed by atoms with van der Waals surface area (Å²) in [5, 5.41) is 16.7. The van der Waals surface area contributed by atoms with Gasteiger partial charge < -0.3 is 10.6 Å². The van der Waals surface area contributed by atoms with Gasteiger partial charge in [-0.1, -0.05) is 18.2 Å². The summed E-state index contributed by atoms with van der Waals surface area (Å²) >= 11 is 1.46. The summed E-state index contributed by atoms with van der Waals surface area (Å²) in [4.78, 5) is 17.1. The van der Waals surface area contributed by atoms with Gasteiger partial charge in [0.25, 0.3) is 5.91 Å². The summed E-state index contributed by atoms with van der Waals surface area (Å²) < 4.78 is 0. The van der Waals surface area contributed by atoms with Gasteiger partial charge in [-0.3, -0.25) is 9.78 Å². The van der Waals surface area contributed by atoms with Crippen LogP contribution in [0, 0.1) is 11.3 Å². The number of carbonyl (C=O) groups is 1. The van der Waals surface area contributed by atoms with Gasteiger partial charge in [0.05, 0.1) is 22.6 Å². The molecule has 2 heterocycles. The first-order valence-electron chi connectivity index (χ1n) is 8.08. The van der Waals surface area contributed by atoms with Crippen LogP contribution >= 0.6 is 11.8 Å². The van der Waals surface area contributed by atoms with Gasteiger partial charge in [0.1, 0.15) is 0 Å². The van der Waals surface area contributed by atoms with E-state index in [4.69, 9.17) is 0 Å². The maximum atomic E-state index is 13.1. The van der Waals surface area contributed by atoms with Crippen LogP contribution in [0.15, 0.2) is 76.7 Å². The lowest BCUT2D eigenvalue weighted by atomic mass is 9.82. The first-order valence-corrected chi connectivity index (χ1v) is 9.30. The molecule has 0 unspecified atom stereocenters. The third kappa shape index (κ3) is 3.48. The van der Waals surface area contributed by atoms with Crippen LogP contribution < -0.4 is 10.6 Å². The molecule has 0 saturated carbocycles. The normalized spacial score (nSPS) is 16.7. The van der Waals surface area contributed by atoms with Crippen molar-refractivity contribution in [1.29, 1.82) is 5.26 Å². The Kier molecular flexibility index (Phi) is 5.40. The van der Waals surface area contributed by atoms with Crippen LogP contribution in [-0.2, 0) is 4.79 Å². The fraction of sp³-hybridized carbons (Fsp3) is 0.150. The molecular weight excluding hydrogens is 344 g/mol. The van der Waals surface area contributed by atoms with Crippen LogP contribution in [0.2, 0.25) is 0 Å². The number of nitriles is 1. The van der Waals surface area contributed by atoms with Gasteiger partial charge in [0, 0.05) is 29.4 Å². The highest BCUT2D eigenvalue weighted by molar-refractivity contribution is 8.02. The van der Waals surface area contributed by atoms with Crippen molar-refractivity contribution in [3.8, 4) is 6.07 Å². The number of para-hydroxylation sites is 1. The number of thioether (sulfide) groups is 1. The second kappa shape index (κ2) is 7.89. The Labute approximate surface area is 156 Å². The van der Waals surface area contributed by atoms with Crippen LogP contribution in [0.3, 0.4) is 0 Å². The molecule has 2 N–H and O–H groups in total. The Balaban J connectivity index is 2.06. The number of anilines is 1. The zero-order chi connectivity index (χ0) is 18.5. The van der Waals surface area contributed by atoms with Crippen LogP contribution in [0.25, 0.3) is 0 Å². The van der Waals surface area contributed by atoms with E-state index < -0.39 is 5.92 Å². The van der Waals surface area contributed by atoms with Crippen molar-refractivity contribution in [2.45, 2.75) is 12.8 Å². The Bertz CT molecular complexity index is 914. The summed E-state index contributed by atoms with van der Waals surface area (Å²) in [5.74, 6) is -0.661. The fourth-order valence-corrected chi connectivity index (χ4v) is 3.62. The van der Waals surface area contributed by atoms with Crippen molar-refractivity contribution in [3.05, 3.63) is 82.3 Å². The van der Waals surface area contributed by atoms with Gasteiger partial charge >= 0.3 is 0 Å². The Morgan fingerprint density at radius 1 is 1.23 bits per heavy atom. The lowest BCUT2D eigenvalue weighted by molar-refractivity contribution is -0.113. The van der Waals surface area contributed by atoms with Crippen molar-refractivity contribution in [1.82, 2.24) is 10.3 Å². The number of amides is 1. The quantitative estimate of drug-likeness (QED) is 0.865. The van der Waals surface area contributed by atoms with Crippen molar-refractivity contribution in [2.75, 3.05) is 11.6 Å². The molecule has 130 valence electrons. The van der Waals surface area contributed by atoms with Gasteiger partial charge in [0.2, 0.25) is 0 Å². The van der Waals surface area contributed by atoms with E-state index in [1.54, 1.807) is 12.4 Å². The number of dihydropyridines is 1. The molecule has 0 bridgehead atoms. The minimum Gasteiger partial charge on any atom is -0.353 e. The van der Waals surface area contributed by atoms with E-state index in [0.717, 1.165) is 16.3 Å². The van der Waals surface area contributed by atoms with Gasteiger partial charge in [-0.25, -0.2) is 0 Å². The second-order valence-corrected chi connectivity index (χ2v) is 6.57. The largest absolute Gasteiger partial charge is 0.353 e. The van der Waals surface area contributed by atoms with Crippen molar-refractivity contribution in [3.63, 3.8) is 0 Å². The van der Waals surface area contributed by atoms with Crippen LogP contribution in [-0.4, -0.2) is 17.1 Å². The predicted octanol–water partition coefficient (Wildman–Crippen LogP) is 3.78. The number of pyridine rings is 1. The zero-order valence-electron chi connectivity index (χ0n) is 14.5. The highest BCUT2D eigenvalue weighted by Gasteiger charge is 2.34. The number of hydrogen-bond donors (Lipinski definition) is 2. The van der Waals surface area contributed by atoms with E-state index in [2.05, 4.69) is 21.7 Å². The number of nitrogens with one attached hydrogen (secondary N) is 2. The number of allylic oxidation sites excluding steroid dienone is 2. The average molecular weight is 362 g/mol. The molecule has 26 heavy (non-hydrogen) atoms. The van der Waals surface area contributed by atoms with Gasteiger partial charge in [0.15, 0.2) is 0 Å². The third-order valence-corrected chi connectivity index (χ3v) is 4.90. The molecule has 1 aromatic heterocycles. The topological polar surface area (TPSA) is 77.8 Å². The van der Waals surface area contributed by atoms with Crippen LogP contribution in [0.5, 0.6) is 0 Å². The Morgan fingerprint density at radius 2 is 1.92 bits per heavy atom. The molecule has 1 aliphatic rings. The first-order chi connectivity index (χ1) is 12.7. The molecule has 0 spiro atoms. The highest BCUT2D eigenvalue weighted by Crippen LogP contribution is 2.40. The molecule has 0 fully saturated rings. The Hall–Kier alpha value is -3.04. The Morgan fingerprint density at radius 3 is 2.54 bits per heavy atom. The summed E-state index contributed by atoms with van der Waals surface area (Å²) in [6, 6.07) is 15.3. The van der Waals surface area contributed by atoms with E-state index in [1.807, 2.05) is 55.6 Å². The number of nitrogens with zero attached hydrogens (tertiary/aromatic N) is 2. The lowest BCUT2D eigenvalue weighted by Gasteiger charge is -2.29. The average Bonchev–Trinajstić information content (AvgIpc) is 2.68. The number of benzene rings is 1. The molecule has 5 nitrogen and oxygen atoms in total. The highest BCUT2D eigenvalue weighted by atomic mass is 32.2. The molecule has 1 aliphatic heterocycles. The predicted molar refractivity (Wildman–Crippen MR) is 104 cm³/mol. The number of rotatable bonds is 4. The molecule has 6 heteroatoms. The summed E-state index contributed by atoms with van der Waals surface area (Å²) in [5.41, 5.74) is 3.39. The standard InChI is InChI=1S/C20H18N4OS/c1-13-17(19(25)24-15-6-4-3-5-7-15)18(14-8-10-22-11-9-14)16(12-21)20(23-13)26-2/h3-11,18,23H,1-2H3,(H,24,25)/t18-/m0/s1. The first kappa shape index (κ1) is 17.8. The van der Waals surface area contributed by atoms with E-state index in [1.165, 1.54) is 11.8 Å². The summed E-state index contributed by atoms with van der Waals surface area (Å²) in [6.45, 7) is 1.86. The molecule has 1 aromatic carbocycles. The minimum atomic E-state index is -0.435. The smallest absolute Gasteiger partial charge is 0.254 e. The summed E-state index contributed by atoms with van der Waals surface area (Å²) in [7, 11) is 0. The molecule has 0 radical (unpaired) electrons. The zero-order valence-corrected chi connectivity index (χ0v) is 15.3. The number of aromatic nitrogens is 1. The van der Waals surface area contributed by atoms with E-state index >= 15 is 0 Å². The molecule has 2 aromatic rings. The molecule has 3 rings (SSSR count). The lowest BCUT2D eigenvalue weighted by Crippen LogP contribution is -2.30.